The molecule has 3 aliphatic rings. The van der Waals surface area contributed by atoms with E-state index in [1.165, 1.54) is 0 Å². The first-order valence-corrected chi connectivity index (χ1v) is 12.5. The molecular formula is C23H31N5O12. The molecule has 17 nitrogen and oxygen atoms in total. The SMILES string of the molecule is CC1CCCC(NC(=O)C2=CC(O)C(O)C(OC(C(N)=O)C3OC(n4ccc(=O)[nH]c4=O)C(O)C3O)O2)C(=O)N1. The summed E-state index contributed by atoms with van der Waals surface area (Å²) >= 11 is 0. The van der Waals surface area contributed by atoms with Crippen molar-refractivity contribution in [1.82, 2.24) is 20.2 Å². The molecular weight excluding hydrogens is 538 g/mol. The first kappa shape index (κ1) is 29.4. The minimum atomic E-state index is -1.93. The highest BCUT2D eigenvalue weighted by atomic mass is 16.7. The number of nitrogens with one attached hydrogen (secondary N) is 3. The van der Waals surface area contributed by atoms with Gasteiger partial charge in [0.2, 0.25) is 18.1 Å². The number of carbonyl (C=O) groups is 3. The van der Waals surface area contributed by atoms with Crippen molar-refractivity contribution < 1.29 is 49.0 Å². The minimum Gasteiger partial charge on any atom is -0.456 e. The van der Waals surface area contributed by atoms with Gasteiger partial charge in [0.15, 0.2) is 18.1 Å². The molecule has 40 heavy (non-hydrogen) atoms. The molecule has 0 aromatic carbocycles. The van der Waals surface area contributed by atoms with E-state index in [9.17, 15) is 44.4 Å². The highest BCUT2D eigenvalue weighted by Crippen LogP contribution is 2.32. The lowest BCUT2D eigenvalue weighted by atomic mass is 10.0. The third kappa shape index (κ3) is 6.08. The van der Waals surface area contributed by atoms with Gasteiger partial charge in [0, 0.05) is 18.3 Å². The standard InChI is InChI=1S/C23H31N5O12/c1-8-3-2-4-9(19(35)25-8)26-20(36)11-7-10(29)13(31)22(38-11)40-17(18(24)34)16-14(32)15(33)21(39-16)28-6-5-12(30)27-23(28)37/h5-10,13-17,21-22,29,31-33H,2-4H2,1H3,(H2,24,34)(H,25,35)(H,26,36)(H,27,30,37). The highest BCUT2D eigenvalue weighted by molar-refractivity contribution is 5.95. The van der Waals surface area contributed by atoms with Crippen molar-refractivity contribution in [3.63, 3.8) is 0 Å². The Kier molecular flexibility index (Phi) is 8.71. The number of hydrogen-bond donors (Lipinski definition) is 8. The quantitative estimate of drug-likeness (QED) is 0.154. The van der Waals surface area contributed by atoms with Crippen LogP contribution in [0, 0.1) is 0 Å². The van der Waals surface area contributed by atoms with Gasteiger partial charge in [-0.1, -0.05) is 0 Å². The van der Waals surface area contributed by atoms with E-state index in [-0.39, 0.29) is 6.04 Å². The lowest BCUT2D eigenvalue weighted by Gasteiger charge is -2.34. The Balaban J connectivity index is 1.49. The van der Waals surface area contributed by atoms with Crippen molar-refractivity contribution in [2.75, 3.05) is 0 Å². The number of nitrogens with zero attached hydrogens (tertiary/aromatic N) is 1. The number of aliphatic hydroxyl groups is 4. The number of H-pyrrole nitrogens is 1. The van der Waals surface area contributed by atoms with E-state index in [0.29, 0.717) is 19.3 Å². The van der Waals surface area contributed by atoms with Crippen LogP contribution in [0.5, 0.6) is 0 Å². The van der Waals surface area contributed by atoms with E-state index in [0.717, 1.165) is 22.9 Å². The minimum absolute atomic E-state index is 0.0749. The molecule has 0 radical (unpaired) electrons. The Morgan fingerprint density at radius 1 is 1.15 bits per heavy atom. The molecule has 0 bridgehead atoms. The van der Waals surface area contributed by atoms with Crippen LogP contribution in [-0.4, -0.2) is 103 Å². The van der Waals surface area contributed by atoms with Crippen molar-refractivity contribution in [3.8, 4) is 0 Å². The Morgan fingerprint density at radius 3 is 2.55 bits per heavy atom. The molecule has 4 rings (SSSR count). The van der Waals surface area contributed by atoms with E-state index < -0.39 is 89.9 Å². The average molecular weight is 570 g/mol. The van der Waals surface area contributed by atoms with Gasteiger partial charge in [-0.05, 0) is 32.3 Å². The summed E-state index contributed by atoms with van der Waals surface area (Å²) in [6.07, 6.45) is -10.7. The lowest BCUT2D eigenvalue weighted by molar-refractivity contribution is -0.240. The van der Waals surface area contributed by atoms with Crippen LogP contribution in [0.1, 0.15) is 32.4 Å². The number of ether oxygens (including phenoxy) is 3. The van der Waals surface area contributed by atoms with Crippen LogP contribution in [0.2, 0.25) is 0 Å². The number of hydrogen-bond acceptors (Lipinski definition) is 12. The number of aromatic amines is 1. The summed E-state index contributed by atoms with van der Waals surface area (Å²) in [6, 6.07) is -0.00000468. The lowest BCUT2D eigenvalue weighted by Crippen LogP contribution is -2.54. The predicted octanol–water partition coefficient (Wildman–Crippen LogP) is -4.84. The summed E-state index contributed by atoms with van der Waals surface area (Å²) < 4.78 is 17.1. The average Bonchev–Trinajstić information content (AvgIpc) is 3.06. The summed E-state index contributed by atoms with van der Waals surface area (Å²) in [5.41, 5.74) is 3.72. The molecule has 0 spiro atoms. The fraction of sp³-hybridized carbons (Fsp3) is 0.609. The van der Waals surface area contributed by atoms with Gasteiger partial charge in [0.25, 0.3) is 11.5 Å². The molecule has 0 saturated carbocycles. The smallest absolute Gasteiger partial charge is 0.330 e. The zero-order valence-electron chi connectivity index (χ0n) is 21.2. The second-order valence-corrected chi connectivity index (χ2v) is 9.81. The van der Waals surface area contributed by atoms with Gasteiger partial charge in [-0.15, -0.1) is 0 Å². The maximum Gasteiger partial charge on any atom is 0.330 e. The largest absolute Gasteiger partial charge is 0.456 e. The van der Waals surface area contributed by atoms with Crippen molar-refractivity contribution in [2.24, 2.45) is 5.73 Å². The van der Waals surface area contributed by atoms with E-state index in [2.05, 4.69) is 10.6 Å². The summed E-state index contributed by atoms with van der Waals surface area (Å²) in [5, 5.41) is 47.0. The van der Waals surface area contributed by atoms with Crippen LogP contribution >= 0.6 is 0 Å². The second-order valence-electron chi connectivity index (χ2n) is 9.81. The molecule has 0 aliphatic carbocycles. The molecule has 17 heteroatoms. The van der Waals surface area contributed by atoms with Gasteiger partial charge in [0.05, 0.1) is 0 Å². The molecule has 3 aliphatic heterocycles. The number of primary amides is 1. The van der Waals surface area contributed by atoms with Crippen LogP contribution < -0.4 is 27.6 Å². The number of nitrogens with two attached hydrogens (primary N) is 1. The molecule has 3 amide bonds. The maximum atomic E-state index is 12.9. The number of aliphatic hydroxyl groups excluding tert-OH is 4. The highest BCUT2D eigenvalue weighted by Gasteiger charge is 2.51. The number of carbonyl (C=O) groups excluding carboxylic acids is 3. The van der Waals surface area contributed by atoms with Gasteiger partial charge in [-0.3, -0.25) is 28.7 Å². The first-order valence-electron chi connectivity index (χ1n) is 12.5. The third-order valence-electron chi connectivity index (χ3n) is 6.82. The van der Waals surface area contributed by atoms with Gasteiger partial charge in [-0.2, -0.15) is 0 Å². The van der Waals surface area contributed by atoms with Crippen LogP contribution in [0.3, 0.4) is 0 Å². The third-order valence-corrected chi connectivity index (χ3v) is 6.82. The molecule has 2 fully saturated rings. The summed E-state index contributed by atoms with van der Waals surface area (Å²) in [5.74, 6) is -3.09. The van der Waals surface area contributed by atoms with Gasteiger partial charge >= 0.3 is 5.69 Å². The summed E-state index contributed by atoms with van der Waals surface area (Å²) in [7, 11) is 0. The van der Waals surface area contributed by atoms with Gasteiger partial charge in [-0.25, -0.2) is 4.79 Å². The Hall–Kier alpha value is -3.61. The normalized spacial score (nSPS) is 35.1. The fourth-order valence-corrected chi connectivity index (χ4v) is 4.67. The molecule has 2 saturated heterocycles. The molecule has 4 heterocycles. The first-order chi connectivity index (χ1) is 18.9. The second kappa shape index (κ2) is 11.9. The van der Waals surface area contributed by atoms with Crippen LogP contribution in [0.4, 0.5) is 0 Å². The molecule has 220 valence electrons. The van der Waals surface area contributed by atoms with Crippen molar-refractivity contribution in [2.45, 2.75) is 87.4 Å². The predicted molar refractivity (Wildman–Crippen MR) is 130 cm³/mol. The van der Waals surface area contributed by atoms with E-state index >= 15 is 0 Å². The number of rotatable bonds is 7. The Labute approximate surface area is 225 Å². The van der Waals surface area contributed by atoms with Gasteiger partial charge < -0.3 is 51.0 Å². The zero-order valence-corrected chi connectivity index (χ0v) is 21.2. The van der Waals surface area contributed by atoms with E-state index in [4.69, 9.17) is 19.9 Å². The van der Waals surface area contributed by atoms with Crippen LogP contribution in [-0.2, 0) is 28.6 Å². The Morgan fingerprint density at radius 2 is 1.88 bits per heavy atom. The van der Waals surface area contributed by atoms with E-state index in [1.807, 2.05) is 11.9 Å². The zero-order chi connectivity index (χ0) is 29.3. The Bertz CT molecular complexity index is 1280. The fourth-order valence-electron chi connectivity index (χ4n) is 4.67. The molecule has 10 unspecified atom stereocenters. The number of aromatic nitrogens is 2. The van der Waals surface area contributed by atoms with Crippen molar-refractivity contribution in [1.29, 1.82) is 0 Å². The number of amides is 3. The monoisotopic (exact) mass is 569 g/mol. The molecule has 1 aromatic rings. The van der Waals surface area contributed by atoms with Gasteiger partial charge in [0.1, 0.15) is 36.6 Å². The summed E-state index contributed by atoms with van der Waals surface area (Å²) in [6.45, 7) is 1.83. The van der Waals surface area contributed by atoms with Crippen molar-refractivity contribution in [3.05, 3.63) is 44.9 Å². The topological polar surface area (TPSA) is 265 Å². The molecule has 9 N–H and O–H groups in total. The summed E-state index contributed by atoms with van der Waals surface area (Å²) in [4.78, 5) is 63.0. The van der Waals surface area contributed by atoms with E-state index in [1.54, 1.807) is 0 Å². The van der Waals surface area contributed by atoms with Crippen molar-refractivity contribution >= 4 is 17.7 Å². The molecule has 10 atom stereocenters. The van der Waals surface area contributed by atoms with Crippen LogP contribution in [0.15, 0.2) is 33.7 Å². The van der Waals surface area contributed by atoms with Crippen LogP contribution in [0.25, 0.3) is 0 Å². The molecule has 1 aromatic heterocycles. The maximum absolute atomic E-state index is 12.9.